The molecule has 0 aliphatic heterocycles. The molecule has 0 saturated carbocycles. The third-order valence-corrected chi connectivity index (χ3v) is 3.88. The zero-order valence-corrected chi connectivity index (χ0v) is 17.0. The highest BCUT2D eigenvalue weighted by Crippen LogP contribution is 2.28. The topological polar surface area (TPSA) is 79.4 Å². The molecule has 2 heterocycles. The lowest BCUT2D eigenvalue weighted by Gasteiger charge is -2.13. The highest BCUT2D eigenvalue weighted by Gasteiger charge is 2.11. The van der Waals surface area contributed by atoms with Gasteiger partial charge in [0.25, 0.3) is 5.95 Å². The largest absolute Gasteiger partial charge is 0.490 e. The van der Waals surface area contributed by atoms with Gasteiger partial charge in [0, 0.05) is 5.69 Å². The highest BCUT2D eigenvalue weighted by molar-refractivity contribution is 5.80. The molecule has 8 nitrogen and oxygen atoms in total. The van der Waals surface area contributed by atoms with Crippen LogP contribution in [0, 0.1) is 19.8 Å². The quantitative estimate of drug-likeness (QED) is 0.558. The smallest absolute Gasteiger partial charge is 0.273 e. The van der Waals surface area contributed by atoms with Gasteiger partial charge in [0.2, 0.25) is 0 Å². The fraction of sp³-hybridized carbons (Fsp3) is 0.400. The molecule has 3 aromatic rings. The summed E-state index contributed by atoms with van der Waals surface area (Å²) in [5, 5.41) is 17.0. The van der Waals surface area contributed by atoms with Crippen molar-refractivity contribution in [2.45, 2.75) is 34.6 Å². The van der Waals surface area contributed by atoms with E-state index in [0.29, 0.717) is 30.8 Å². The summed E-state index contributed by atoms with van der Waals surface area (Å²) in [6.45, 7) is 11.3. The standard InChI is InChI=1S/C20H26N6O2/c1-6-27-19-10-17(7-8-18(19)28-12-14(2)3)11-22-25-13-21-23-20(25)26-16(5)9-15(4)24-26/h7-11,13-14H,6,12H2,1-5H3/b22-11-. The molecule has 0 bridgehead atoms. The van der Waals surface area contributed by atoms with Crippen molar-refractivity contribution in [1.29, 1.82) is 0 Å². The Morgan fingerprint density at radius 3 is 2.64 bits per heavy atom. The number of hydrogen-bond acceptors (Lipinski definition) is 6. The molecule has 0 aliphatic carbocycles. The first kappa shape index (κ1) is 19.6. The van der Waals surface area contributed by atoms with Crippen molar-refractivity contribution < 1.29 is 9.47 Å². The summed E-state index contributed by atoms with van der Waals surface area (Å²) in [6.07, 6.45) is 3.28. The van der Waals surface area contributed by atoms with E-state index in [9.17, 15) is 0 Å². The molecule has 148 valence electrons. The number of rotatable bonds is 8. The second-order valence-electron chi connectivity index (χ2n) is 6.90. The average Bonchev–Trinajstić information content (AvgIpc) is 3.24. The van der Waals surface area contributed by atoms with E-state index in [0.717, 1.165) is 22.7 Å². The van der Waals surface area contributed by atoms with Crippen molar-refractivity contribution in [1.82, 2.24) is 24.7 Å². The minimum Gasteiger partial charge on any atom is -0.490 e. The van der Waals surface area contributed by atoms with Crippen molar-refractivity contribution in [3.8, 4) is 17.4 Å². The van der Waals surface area contributed by atoms with Gasteiger partial charge in [-0.05, 0) is 56.5 Å². The van der Waals surface area contributed by atoms with Gasteiger partial charge >= 0.3 is 0 Å². The van der Waals surface area contributed by atoms with Crippen molar-refractivity contribution in [2.24, 2.45) is 11.0 Å². The van der Waals surface area contributed by atoms with Gasteiger partial charge in [0.05, 0.1) is 25.1 Å². The van der Waals surface area contributed by atoms with Gasteiger partial charge in [-0.25, -0.2) is 4.68 Å². The van der Waals surface area contributed by atoms with Crippen LogP contribution in [0.4, 0.5) is 0 Å². The van der Waals surface area contributed by atoms with Gasteiger partial charge in [-0.3, -0.25) is 0 Å². The van der Waals surface area contributed by atoms with Crippen LogP contribution < -0.4 is 9.47 Å². The second kappa shape index (κ2) is 8.69. The Hall–Kier alpha value is -3.16. The van der Waals surface area contributed by atoms with Crippen LogP contribution in [0.3, 0.4) is 0 Å². The van der Waals surface area contributed by atoms with Crippen LogP contribution >= 0.6 is 0 Å². The van der Waals surface area contributed by atoms with Crippen molar-refractivity contribution in [2.75, 3.05) is 13.2 Å². The Kier molecular flexibility index (Phi) is 6.08. The molecule has 0 saturated heterocycles. The van der Waals surface area contributed by atoms with Crippen molar-refractivity contribution in [3.05, 3.63) is 47.5 Å². The molecule has 0 spiro atoms. The maximum atomic E-state index is 5.84. The maximum Gasteiger partial charge on any atom is 0.273 e. The van der Waals surface area contributed by atoms with E-state index >= 15 is 0 Å². The van der Waals surface area contributed by atoms with E-state index in [-0.39, 0.29) is 0 Å². The molecule has 0 N–H and O–H groups in total. The summed E-state index contributed by atoms with van der Waals surface area (Å²) in [5.41, 5.74) is 2.76. The van der Waals surface area contributed by atoms with Gasteiger partial charge < -0.3 is 9.47 Å². The number of ether oxygens (including phenoxy) is 2. The van der Waals surface area contributed by atoms with Crippen molar-refractivity contribution in [3.63, 3.8) is 0 Å². The molecular formula is C20H26N6O2. The molecule has 3 rings (SSSR count). The summed E-state index contributed by atoms with van der Waals surface area (Å²) in [5.74, 6) is 2.41. The summed E-state index contributed by atoms with van der Waals surface area (Å²) in [7, 11) is 0. The predicted molar refractivity (Wildman–Crippen MR) is 108 cm³/mol. The fourth-order valence-corrected chi connectivity index (χ4v) is 2.65. The van der Waals surface area contributed by atoms with Crippen LogP contribution in [0.15, 0.2) is 35.7 Å². The van der Waals surface area contributed by atoms with Gasteiger partial charge in [0.15, 0.2) is 11.5 Å². The first-order valence-electron chi connectivity index (χ1n) is 9.35. The maximum absolute atomic E-state index is 5.84. The van der Waals surface area contributed by atoms with Gasteiger partial charge in [-0.1, -0.05) is 13.8 Å². The lowest BCUT2D eigenvalue weighted by molar-refractivity contribution is 0.248. The number of aryl methyl sites for hydroxylation is 2. The lowest BCUT2D eigenvalue weighted by Crippen LogP contribution is -2.07. The fourth-order valence-electron chi connectivity index (χ4n) is 2.65. The monoisotopic (exact) mass is 382 g/mol. The van der Waals surface area contributed by atoms with E-state index < -0.39 is 0 Å². The molecular weight excluding hydrogens is 356 g/mol. The van der Waals surface area contributed by atoms with Crippen LogP contribution in [-0.4, -0.2) is 44.1 Å². The number of aromatic nitrogens is 5. The second-order valence-corrected chi connectivity index (χ2v) is 6.90. The number of hydrogen-bond donors (Lipinski definition) is 0. The van der Waals surface area contributed by atoms with E-state index in [4.69, 9.17) is 9.47 Å². The third-order valence-electron chi connectivity index (χ3n) is 3.88. The minimum absolute atomic E-state index is 0.442. The van der Waals surface area contributed by atoms with E-state index in [1.807, 2.05) is 45.0 Å². The molecule has 1 aromatic carbocycles. The van der Waals surface area contributed by atoms with Gasteiger partial charge in [-0.15, -0.1) is 10.2 Å². The number of benzene rings is 1. The summed E-state index contributed by atoms with van der Waals surface area (Å²) in [4.78, 5) is 0. The Balaban J connectivity index is 1.84. The normalized spacial score (nSPS) is 11.5. The minimum atomic E-state index is 0.442. The summed E-state index contributed by atoms with van der Waals surface area (Å²) < 4.78 is 14.9. The third kappa shape index (κ3) is 4.57. The molecule has 0 amide bonds. The zero-order chi connectivity index (χ0) is 20.1. The Morgan fingerprint density at radius 2 is 1.96 bits per heavy atom. The molecule has 8 heteroatoms. The SMILES string of the molecule is CCOc1cc(/C=N\n2cnnc2-n2nc(C)cc2C)ccc1OCC(C)C. The first-order chi connectivity index (χ1) is 13.5. The van der Waals surface area contributed by atoms with E-state index in [2.05, 4.69) is 34.2 Å². The van der Waals surface area contributed by atoms with Crippen LogP contribution in [0.5, 0.6) is 11.5 Å². The van der Waals surface area contributed by atoms with Crippen LogP contribution in [0.2, 0.25) is 0 Å². The summed E-state index contributed by atoms with van der Waals surface area (Å²) >= 11 is 0. The first-order valence-corrected chi connectivity index (χ1v) is 9.35. The molecule has 2 aromatic heterocycles. The Morgan fingerprint density at radius 1 is 1.14 bits per heavy atom. The van der Waals surface area contributed by atoms with E-state index in [1.54, 1.807) is 21.9 Å². The molecule has 0 aliphatic rings. The van der Waals surface area contributed by atoms with Gasteiger partial charge in [-0.2, -0.15) is 14.9 Å². The molecule has 0 unspecified atom stereocenters. The molecule has 0 atom stereocenters. The van der Waals surface area contributed by atoms with E-state index in [1.165, 1.54) is 0 Å². The van der Waals surface area contributed by atoms with Gasteiger partial charge in [0.1, 0.15) is 6.33 Å². The summed E-state index contributed by atoms with van der Waals surface area (Å²) in [6, 6.07) is 7.74. The Labute approximate surface area is 164 Å². The average molecular weight is 382 g/mol. The predicted octanol–water partition coefficient (Wildman–Crippen LogP) is 3.40. The van der Waals surface area contributed by atoms with Crippen LogP contribution in [0.25, 0.3) is 5.95 Å². The lowest BCUT2D eigenvalue weighted by atomic mass is 10.2. The highest BCUT2D eigenvalue weighted by atomic mass is 16.5. The van der Waals surface area contributed by atoms with Crippen molar-refractivity contribution >= 4 is 6.21 Å². The Bertz CT molecular complexity index is 958. The molecule has 28 heavy (non-hydrogen) atoms. The molecule has 0 fully saturated rings. The van der Waals surface area contributed by atoms with Crippen LogP contribution in [-0.2, 0) is 0 Å². The molecule has 0 radical (unpaired) electrons. The number of nitrogens with zero attached hydrogens (tertiary/aromatic N) is 6. The van der Waals surface area contributed by atoms with Crippen LogP contribution in [0.1, 0.15) is 37.7 Å². The zero-order valence-electron chi connectivity index (χ0n) is 17.0.